The van der Waals surface area contributed by atoms with Crippen LogP contribution >= 0.6 is 11.6 Å². The van der Waals surface area contributed by atoms with E-state index in [-0.39, 0.29) is 18.3 Å². The minimum atomic E-state index is -0.283. The first-order chi connectivity index (χ1) is 8.17. The van der Waals surface area contributed by atoms with Gasteiger partial charge in [0.25, 0.3) is 0 Å². The van der Waals surface area contributed by atoms with E-state index >= 15 is 0 Å². The largest absolute Gasteiger partial charge is 0.466 e. The number of rotatable bonds is 6. The minimum Gasteiger partial charge on any atom is -0.466 e. The second-order valence-electron chi connectivity index (χ2n) is 3.66. The van der Waals surface area contributed by atoms with Gasteiger partial charge in [-0.1, -0.05) is 23.7 Å². The summed E-state index contributed by atoms with van der Waals surface area (Å²) in [4.78, 5) is 22.0. The van der Waals surface area contributed by atoms with Gasteiger partial charge in [-0.05, 0) is 24.6 Å². The highest BCUT2D eigenvalue weighted by atomic mass is 35.5. The molecule has 0 amide bonds. The van der Waals surface area contributed by atoms with Gasteiger partial charge in [0.15, 0.2) is 0 Å². The summed E-state index contributed by atoms with van der Waals surface area (Å²) < 4.78 is 4.88. The monoisotopic (exact) mass is 254 g/mol. The van der Waals surface area contributed by atoms with Crippen LogP contribution in [0.25, 0.3) is 0 Å². The Labute approximate surface area is 106 Å². The molecule has 1 atom stereocenters. The van der Waals surface area contributed by atoms with Crippen LogP contribution in [0.15, 0.2) is 24.3 Å². The number of hydrogen-bond donors (Lipinski definition) is 0. The van der Waals surface area contributed by atoms with Gasteiger partial charge in [0.2, 0.25) is 0 Å². The van der Waals surface area contributed by atoms with Crippen LogP contribution in [0.3, 0.4) is 0 Å². The fourth-order valence-electron chi connectivity index (χ4n) is 1.61. The number of carbonyl (C=O) groups is 2. The summed E-state index contributed by atoms with van der Waals surface area (Å²) in [6, 6.07) is 7.16. The highest BCUT2D eigenvalue weighted by Crippen LogP contribution is 2.24. The second kappa shape index (κ2) is 7.07. The number of esters is 1. The van der Waals surface area contributed by atoms with Crippen LogP contribution in [-0.2, 0) is 14.3 Å². The maximum absolute atomic E-state index is 11.4. The molecular weight excluding hydrogens is 240 g/mol. The van der Waals surface area contributed by atoms with Gasteiger partial charge in [-0.15, -0.1) is 0 Å². The second-order valence-corrected chi connectivity index (χ2v) is 4.10. The summed E-state index contributed by atoms with van der Waals surface area (Å²) in [7, 11) is 0. The molecule has 1 unspecified atom stereocenters. The van der Waals surface area contributed by atoms with Gasteiger partial charge >= 0.3 is 5.97 Å². The maximum atomic E-state index is 11.4. The molecule has 17 heavy (non-hydrogen) atoms. The van der Waals surface area contributed by atoms with Crippen LogP contribution in [-0.4, -0.2) is 18.9 Å². The normalized spacial score (nSPS) is 11.9. The summed E-state index contributed by atoms with van der Waals surface area (Å²) in [6.45, 7) is 2.11. The standard InChI is InChI=1S/C13H15ClO3/c1-2-17-13(16)9-11(7-8-15)10-3-5-12(14)6-4-10/h3-6,8,11H,2,7,9H2,1H3. The molecular formula is C13H15ClO3. The van der Waals surface area contributed by atoms with Gasteiger partial charge in [0.05, 0.1) is 13.0 Å². The molecule has 0 fully saturated rings. The lowest BCUT2D eigenvalue weighted by atomic mass is 9.93. The number of hydrogen-bond acceptors (Lipinski definition) is 3. The zero-order chi connectivity index (χ0) is 12.7. The third-order valence-corrected chi connectivity index (χ3v) is 2.69. The van der Waals surface area contributed by atoms with E-state index in [0.29, 0.717) is 18.1 Å². The van der Waals surface area contributed by atoms with E-state index in [1.54, 1.807) is 19.1 Å². The summed E-state index contributed by atoms with van der Waals surface area (Å²) in [5.74, 6) is -0.418. The van der Waals surface area contributed by atoms with Crippen molar-refractivity contribution >= 4 is 23.9 Å². The Morgan fingerprint density at radius 1 is 1.41 bits per heavy atom. The third-order valence-electron chi connectivity index (χ3n) is 2.44. The van der Waals surface area contributed by atoms with Crippen molar-refractivity contribution in [3.8, 4) is 0 Å². The van der Waals surface area contributed by atoms with Gasteiger partial charge in [0, 0.05) is 17.4 Å². The minimum absolute atomic E-state index is 0.135. The average Bonchev–Trinajstić information content (AvgIpc) is 2.30. The highest BCUT2D eigenvalue weighted by molar-refractivity contribution is 6.30. The van der Waals surface area contributed by atoms with E-state index in [1.807, 2.05) is 12.1 Å². The smallest absolute Gasteiger partial charge is 0.306 e. The molecule has 0 radical (unpaired) electrons. The first-order valence-corrected chi connectivity index (χ1v) is 5.90. The van der Waals surface area contributed by atoms with Gasteiger partial charge in [-0.25, -0.2) is 0 Å². The molecule has 0 N–H and O–H groups in total. The number of aldehydes is 1. The van der Waals surface area contributed by atoms with E-state index in [1.165, 1.54) is 0 Å². The molecule has 4 heteroatoms. The van der Waals surface area contributed by atoms with Crippen LogP contribution < -0.4 is 0 Å². The first-order valence-electron chi connectivity index (χ1n) is 5.52. The van der Waals surface area contributed by atoms with Crippen molar-refractivity contribution in [2.24, 2.45) is 0 Å². The maximum Gasteiger partial charge on any atom is 0.306 e. The number of carbonyl (C=O) groups excluding carboxylic acids is 2. The molecule has 3 nitrogen and oxygen atoms in total. The molecule has 0 bridgehead atoms. The summed E-state index contributed by atoms with van der Waals surface area (Å²) in [6.07, 6.45) is 1.34. The molecule has 92 valence electrons. The Hall–Kier alpha value is -1.35. The van der Waals surface area contributed by atoms with E-state index in [9.17, 15) is 9.59 Å². The SMILES string of the molecule is CCOC(=O)CC(CC=O)c1ccc(Cl)cc1. The Kier molecular flexibility index (Phi) is 5.70. The lowest BCUT2D eigenvalue weighted by Gasteiger charge is -2.13. The predicted octanol–water partition coefficient (Wildman–Crippen LogP) is 2.97. The molecule has 1 aromatic carbocycles. The van der Waals surface area contributed by atoms with Crippen molar-refractivity contribution in [1.29, 1.82) is 0 Å². The Bertz CT molecular complexity index is 373. The first kappa shape index (κ1) is 13.7. The van der Waals surface area contributed by atoms with Crippen molar-refractivity contribution in [2.45, 2.75) is 25.7 Å². The van der Waals surface area contributed by atoms with Crippen molar-refractivity contribution in [1.82, 2.24) is 0 Å². The van der Waals surface area contributed by atoms with Crippen molar-refractivity contribution in [3.63, 3.8) is 0 Å². The van der Waals surface area contributed by atoms with E-state index < -0.39 is 0 Å². The fourth-order valence-corrected chi connectivity index (χ4v) is 1.74. The number of benzene rings is 1. The molecule has 0 spiro atoms. The third kappa shape index (κ3) is 4.57. The van der Waals surface area contributed by atoms with Gasteiger partial charge in [-0.3, -0.25) is 4.79 Å². The predicted molar refractivity (Wildman–Crippen MR) is 66.1 cm³/mol. The van der Waals surface area contributed by atoms with E-state index in [4.69, 9.17) is 16.3 Å². The van der Waals surface area contributed by atoms with Crippen LogP contribution in [0, 0.1) is 0 Å². The quantitative estimate of drug-likeness (QED) is 0.579. The van der Waals surface area contributed by atoms with Crippen LogP contribution in [0.4, 0.5) is 0 Å². The molecule has 0 aliphatic carbocycles. The number of ether oxygens (including phenoxy) is 1. The topological polar surface area (TPSA) is 43.4 Å². The van der Waals surface area contributed by atoms with Crippen molar-refractivity contribution < 1.29 is 14.3 Å². The summed E-state index contributed by atoms with van der Waals surface area (Å²) >= 11 is 5.79. The molecule has 0 aliphatic heterocycles. The molecule has 1 rings (SSSR count). The molecule has 0 aliphatic rings. The molecule has 0 aromatic heterocycles. The Balaban J connectivity index is 2.74. The van der Waals surface area contributed by atoms with E-state index in [2.05, 4.69) is 0 Å². The van der Waals surface area contributed by atoms with Crippen LogP contribution in [0.1, 0.15) is 31.2 Å². The van der Waals surface area contributed by atoms with Gasteiger partial charge < -0.3 is 9.53 Å². The summed E-state index contributed by atoms with van der Waals surface area (Å²) in [5.41, 5.74) is 0.926. The van der Waals surface area contributed by atoms with E-state index in [0.717, 1.165) is 11.8 Å². The lowest BCUT2D eigenvalue weighted by molar-refractivity contribution is -0.143. The number of halogens is 1. The van der Waals surface area contributed by atoms with Gasteiger partial charge in [0.1, 0.15) is 6.29 Å². The zero-order valence-corrected chi connectivity index (χ0v) is 10.4. The van der Waals surface area contributed by atoms with Crippen molar-refractivity contribution in [3.05, 3.63) is 34.9 Å². The molecule has 0 saturated carbocycles. The zero-order valence-electron chi connectivity index (χ0n) is 9.69. The molecule has 0 saturated heterocycles. The van der Waals surface area contributed by atoms with Crippen LogP contribution in [0.5, 0.6) is 0 Å². The summed E-state index contributed by atoms with van der Waals surface area (Å²) in [5, 5.41) is 0.634. The van der Waals surface area contributed by atoms with Crippen LogP contribution in [0.2, 0.25) is 5.02 Å². The average molecular weight is 255 g/mol. The Morgan fingerprint density at radius 2 is 2.06 bits per heavy atom. The van der Waals surface area contributed by atoms with Gasteiger partial charge in [-0.2, -0.15) is 0 Å². The molecule has 1 aromatic rings. The van der Waals surface area contributed by atoms with Crippen molar-refractivity contribution in [2.75, 3.05) is 6.61 Å². The fraction of sp³-hybridized carbons (Fsp3) is 0.385. The Morgan fingerprint density at radius 3 is 2.59 bits per heavy atom. The molecule has 0 heterocycles. The lowest BCUT2D eigenvalue weighted by Crippen LogP contribution is -2.11. The highest BCUT2D eigenvalue weighted by Gasteiger charge is 2.16.